The summed E-state index contributed by atoms with van der Waals surface area (Å²) in [5, 5.41) is 10.1. The number of benzene rings is 1. The smallest absolute Gasteiger partial charge is 0.166 e. The molecule has 0 amide bonds. The first kappa shape index (κ1) is 15.9. The van der Waals surface area contributed by atoms with Crippen molar-refractivity contribution in [1.29, 1.82) is 0 Å². The summed E-state index contributed by atoms with van der Waals surface area (Å²) in [5.41, 5.74) is 2.45. The maximum atomic E-state index is 10.1. The van der Waals surface area contributed by atoms with Crippen LogP contribution in [-0.4, -0.2) is 61.5 Å². The molecule has 2 heterocycles. The molecule has 0 bridgehead atoms. The van der Waals surface area contributed by atoms with E-state index in [1.54, 1.807) is 0 Å². The Morgan fingerprint density at radius 2 is 2.25 bits per heavy atom. The van der Waals surface area contributed by atoms with Crippen LogP contribution in [0.4, 0.5) is 0 Å². The van der Waals surface area contributed by atoms with Gasteiger partial charge in [-0.05, 0) is 45.7 Å². The van der Waals surface area contributed by atoms with Gasteiger partial charge in [0.05, 0.1) is 11.5 Å². The zero-order valence-corrected chi connectivity index (χ0v) is 14.7. The molecule has 130 valence electrons. The quantitative estimate of drug-likeness (QED) is 0.676. The number of hydrogen-bond donors (Lipinski definition) is 1. The fourth-order valence-electron chi connectivity index (χ4n) is 4.23. The average molecular weight is 330 g/mol. The van der Waals surface area contributed by atoms with Crippen molar-refractivity contribution in [2.45, 2.75) is 37.0 Å². The van der Waals surface area contributed by atoms with Crippen molar-refractivity contribution in [3.05, 3.63) is 35.4 Å². The van der Waals surface area contributed by atoms with Crippen LogP contribution in [0.1, 0.15) is 24.0 Å². The van der Waals surface area contributed by atoms with Crippen molar-refractivity contribution in [3.63, 3.8) is 0 Å². The van der Waals surface area contributed by atoms with Crippen LogP contribution in [-0.2, 0) is 12.0 Å². The minimum atomic E-state index is -0.425. The Morgan fingerprint density at radius 1 is 1.42 bits per heavy atom. The van der Waals surface area contributed by atoms with Crippen LogP contribution in [0.2, 0.25) is 0 Å². The molecule has 4 rings (SSSR count). The van der Waals surface area contributed by atoms with E-state index in [0.717, 1.165) is 31.0 Å². The molecule has 24 heavy (non-hydrogen) atoms. The van der Waals surface area contributed by atoms with Gasteiger partial charge in [0.1, 0.15) is 12.8 Å². The van der Waals surface area contributed by atoms with E-state index >= 15 is 0 Å². The van der Waals surface area contributed by atoms with E-state index in [1.807, 2.05) is 31.1 Å². The van der Waals surface area contributed by atoms with E-state index < -0.39 is 6.10 Å². The van der Waals surface area contributed by atoms with Gasteiger partial charge in [-0.2, -0.15) is 0 Å². The van der Waals surface area contributed by atoms with Crippen LogP contribution < -0.4 is 9.47 Å². The minimum absolute atomic E-state index is 0.0122. The molecule has 0 saturated heterocycles. The predicted octanol–water partition coefficient (Wildman–Crippen LogP) is 1.74. The molecule has 3 aliphatic rings. The van der Waals surface area contributed by atoms with Gasteiger partial charge < -0.3 is 19.5 Å². The van der Waals surface area contributed by atoms with E-state index in [9.17, 15) is 5.11 Å². The van der Waals surface area contributed by atoms with Gasteiger partial charge in [0.15, 0.2) is 11.5 Å². The van der Waals surface area contributed by atoms with Gasteiger partial charge in [0, 0.05) is 18.5 Å². The summed E-state index contributed by atoms with van der Waals surface area (Å²) in [4.78, 5) is 4.35. The Hall–Kier alpha value is -1.56. The number of aliphatic hydroxyl groups is 1. The zero-order chi connectivity index (χ0) is 16.9. The van der Waals surface area contributed by atoms with Gasteiger partial charge in [-0.1, -0.05) is 18.2 Å². The van der Waals surface area contributed by atoms with Crippen molar-refractivity contribution in [2.24, 2.45) is 0 Å². The van der Waals surface area contributed by atoms with Gasteiger partial charge in [-0.15, -0.1) is 0 Å². The third kappa shape index (κ3) is 2.42. The monoisotopic (exact) mass is 330 g/mol. The Kier molecular flexibility index (Phi) is 3.82. The normalized spacial score (nSPS) is 31.4. The lowest BCUT2D eigenvalue weighted by atomic mass is 9.69. The summed E-state index contributed by atoms with van der Waals surface area (Å²) in [6.07, 6.45) is 5.34. The third-order valence-corrected chi connectivity index (χ3v) is 5.41. The van der Waals surface area contributed by atoms with Crippen molar-refractivity contribution in [3.8, 4) is 11.5 Å². The average Bonchev–Trinajstić information content (AvgIpc) is 2.79. The molecule has 0 fully saturated rings. The molecule has 1 N–H and O–H groups in total. The SMILES string of the molecule is CN(C)COc1ccc2c3c1O[C@H]1C[C@@H](O)C=C[C@@]31CCN(C)C2. The second-order valence-electron chi connectivity index (χ2n) is 7.58. The minimum Gasteiger partial charge on any atom is -0.485 e. The molecule has 5 nitrogen and oxygen atoms in total. The van der Waals surface area contributed by atoms with E-state index in [0.29, 0.717) is 13.2 Å². The molecular weight excluding hydrogens is 304 g/mol. The Balaban J connectivity index is 1.83. The summed E-state index contributed by atoms with van der Waals surface area (Å²) in [6, 6.07) is 4.21. The molecule has 1 spiro atoms. The molecule has 2 aliphatic heterocycles. The number of hydrogen-bond acceptors (Lipinski definition) is 5. The van der Waals surface area contributed by atoms with Crippen LogP contribution in [0.5, 0.6) is 11.5 Å². The molecule has 0 unspecified atom stereocenters. The largest absolute Gasteiger partial charge is 0.485 e. The second kappa shape index (κ2) is 5.76. The van der Waals surface area contributed by atoms with Crippen LogP contribution in [0.3, 0.4) is 0 Å². The van der Waals surface area contributed by atoms with E-state index in [2.05, 4.69) is 24.1 Å². The van der Waals surface area contributed by atoms with Crippen LogP contribution in [0.15, 0.2) is 24.3 Å². The highest BCUT2D eigenvalue weighted by atomic mass is 16.5. The second-order valence-corrected chi connectivity index (χ2v) is 7.58. The number of aliphatic hydroxyl groups excluding tert-OH is 1. The lowest BCUT2D eigenvalue weighted by Crippen LogP contribution is -2.42. The standard InChI is InChI=1S/C19H26N2O3/c1-20(2)12-23-15-5-4-13-11-21(3)9-8-19-7-6-14(22)10-16(19)24-18(15)17(13)19/h4-7,14,16,22H,8-12H2,1-3H3/t14-,16-,19-/m0/s1. The summed E-state index contributed by atoms with van der Waals surface area (Å²) in [7, 11) is 6.13. The van der Waals surface area contributed by atoms with E-state index in [-0.39, 0.29) is 11.5 Å². The van der Waals surface area contributed by atoms with Crippen molar-refractivity contribution < 1.29 is 14.6 Å². The highest BCUT2D eigenvalue weighted by Gasteiger charge is 2.52. The van der Waals surface area contributed by atoms with Crippen LogP contribution in [0, 0.1) is 0 Å². The first-order valence-electron chi connectivity index (χ1n) is 8.66. The summed E-state index contributed by atoms with van der Waals surface area (Å²) >= 11 is 0. The molecule has 0 saturated carbocycles. The van der Waals surface area contributed by atoms with Crippen molar-refractivity contribution >= 4 is 0 Å². The fraction of sp³-hybridized carbons (Fsp3) is 0.579. The number of rotatable bonds is 3. The third-order valence-electron chi connectivity index (χ3n) is 5.41. The summed E-state index contributed by atoms with van der Waals surface area (Å²) in [6.45, 7) is 2.46. The van der Waals surface area contributed by atoms with Crippen molar-refractivity contribution in [2.75, 3.05) is 34.4 Å². The maximum absolute atomic E-state index is 10.1. The lowest BCUT2D eigenvalue weighted by Gasteiger charge is -2.35. The Bertz CT molecular complexity index is 673. The topological polar surface area (TPSA) is 45.2 Å². The van der Waals surface area contributed by atoms with Gasteiger partial charge >= 0.3 is 0 Å². The maximum Gasteiger partial charge on any atom is 0.166 e. The molecule has 3 atom stereocenters. The molecule has 1 aliphatic carbocycles. The number of ether oxygens (including phenoxy) is 2. The summed E-state index contributed by atoms with van der Waals surface area (Å²) < 4.78 is 12.4. The van der Waals surface area contributed by atoms with Crippen LogP contribution >= 0.6 is 0 Å². The Morgan fingerprint density at radius 3 is 3.04 bits per heavy atom. The molecule has 0 aromatic heterocycles. The zero-order valence-electron chi connectivity index (χ0n) is 14.7. The molecule has 0 radical (unpaired) electrons. The van der Waals surface area contributed by atoms with Crippen LogP contribution in [0.25, 0.3) is 0 Å². The van der Waals surface area contributed by atoms with E-state index in [1.165, 1.54) is 11.1 Å². The molecule has 1 aromatic rings. The van der Waals surface area contributed by atoms with Crippen molar-refractivity contribution in [1.82, 2.24) is 9.80 Å². The van der Waals surface area contributed by atoms with Gasteiger partial charge in [0.25, 0.3) is 0 Å². The fourth-order valence-corrected chi connectivity index (χ4v) is 4.23. The van der Waals surface area contributed by atoms with Gasteiger partial charge in [0.2, 0.25) is 0 Å². The molecular formula is C19H26N2O3. The first-order chi connectivity index (χ1) is 11.5. The predicted molar refractivity (Wildman–Crippen MR) is 92.4 cm³/mol. The number of nitrogens with zero attached hydrogens (tertiary/aromatic N) is 2. The first-order valence-corrected chi connectivity index (χ1v) is 8.66. The van der Waals surface area contributed by atoms with Gasteiger partial charge in [-0.25, -0.2) is 0 Å². The van der Waals surface area contributed by atoms with Gasteiger partial charge in [-0.3, -0.25) is 4.90 Å². The Labute approximate surface area is 143 Å². The highest BCUT2D eigenvalue weighted by Crippen LogP contribution is 2.55. The molecule has 1 aromatic carbocycles. The lowest BCUT2D eigenvalue weighted by molar-refractivity contribution is 0.0801. The summed E-state index contributed by atoms with van der Waals surface area (Å²) in [5.74, 6) is 1.69. The highest BCUT2D eigenvalue weighted by molar-refractivity contribution is 5.61. The van der Waals surface area contributed by atoms with E-state index in [4.69, 9.17) is 9.47 Å². The molecule has 5 heteroatoms.